The van der Waals surface area contributed by atoms with Gasteiger partial charge < -0.3 is 16.3 Å². The fourth-order valence-electron chi connectivity index (χ4n) is 2.02. The summed E-state index contributed by atoms with van der Waals surface area (Å²) in [4.78, 5) is 0. The van der Waals surface area contributed by atoms with Gasteiger partial charge in [0.25, 0.3) is 0 Å². The van der Waals surface area contributed by atoms with Crippen molar-refractivity contribution in [1.82, 2.24) is 5.32 Å². The predicted octanol–water partition coefficient (Wildman–Crippen LogP) is 2.84. The molecule has 0 heterocycles. The fraction of sp³-hybridized carbons (Fsp3) is 0.533. The smallest absolute Gasteiger partial charge is 0.170 e. The molecule has 4 N–H and O–H groups in total. The number of nitrogens with one attached hydrogen (secondary N) is 1. The van der Waals surface area contributed by atoms with E-state index in [1.165, 1.54) is 25.0 Å². The second-order valence-corrected chi connectivity index (χ2v) is 5.35. The summed E-state index contributed by atoms with van der Waals surface area (Å²) in [5, 5.41) is 15.0. The van der Waals surface area contributed by atoms with Crippen molar-refractivity contribution in [1.29, 1.82) is 0 Å². The lowest BCUT2D eigenvalue weighted by molar-refractivity contribution is 0.318. The third-order valence-corrected chi connectivity index (χ3v) is 3.16. The van der Waals surface area contributed by atoms with Crippen LogP contribution in [-0.4, -0.2) is 17.6 Å². The van der Waals surface area contributed by atoms with E-state index in [1.54, 1.807) is 6.07 Å². The minimum atomic E-state index is -0.396. The highest BCUT2D eigenvalue weighted by Crippen LogP contribution is 2.11. The number of hydrogen-bond acceptors (Lipinski definition) is 3. The molecule has 0 radical (unpaired) electrons. The van der Waals surface area contributed by atoms with E-state index in [-0.39, 0.29) is 5.84 Å². The van der Waals surface area contributed by atoms with E-state index in [2.05, 4.69) is 24.3 Å². The van der Waals surface area contributed by atoms with Crippen LogP contribution in [0.3, 0.4) is 0 Å². The van der Waals surface area contributed by atoms with Crippen LogP contribution < -0.4 is 11.1 Å². The Bertz CT molecular complexity index is 447. The van der Waals surface area contributed by atoms with Crippen LogP contribution in [0.2, 0.25) is 0 Å². The van der Waals surface area contributed by atoms with Gasteiger partial charge in [0.15, 0.2) is 5.84 Å². The summed E-state index contributed by atoms with van der Waals surface area (Å²) in [6.07, 6.45) is 3.53. The number of nitrogens with zero attached hydrogens (tertiary/aromatic N) is 1. The van der Waals surface area contributed by atoms with E-state index in [1.807, 2.05) is 0 Å². The largest absolute Gasteiger partial charge is 0.409 e. The van der Waals surface area contributed by atoms with Crippen LogP contribution >= 0.6 is 0 Å². The molecule has 0 bridgehead atoms. The summed E-state index contributed by atoms with van der Waals surface area (Å²) in [5.41, 5.74) is 6.81. The van der Waals surface area contributed by atoms with Gasteiger partial charge in [-0.3, -0.25) is 0 Å². The molecule has 0 aliphatic heterocycles. The molecule has 20 heavy (non-hydrogen) atoms. The van der Waals surface area contributed by atoms with Gasteiger partial charge >= 0.3 is 0 Å². The van der Waals surface area contributed by atoms with Crippen LogP contribution in [0, 0.1) is 11.7 Å². The first-order valence-electron chi connectivity index (χ1n) is 7.01. The van der Waals surface area contributed by atoms with Crippen LogP contribution in [-0.2, 0) is 6.54 Å². The van der Waals surface area contributed by atoms with Crippen LogP contribution in [0.5, 0.6) is 0 Å². The third kappa shape index (κ3) is 5.57. The molecule has 1 aromatic carbocycles. The number of halogens is 1. The van der Waals surface area contributed by atoms with Crippen LogP contribution in [0.25, 0.3) is 0 Å². The summed E-state index contributed by atoms with van der Waals surface area (Å²) in [6.45, 7) is 5.91. The van der Waals surface area contributed by atoms with Crippen LogP contribution in [0.15, 0.2) is 23.4 Å². The van der Waals surface area contributed by atoms with Gasteiger partial charge in [-0.05, 0) is 36.6 Å². The molecule has 5 heteroatoms. The molecule has 4 nitrogen and oxygen atoms in total. The van der Waals surface area contributed by atoms with Crippen molar-refractivity contribution in [3.8, 4) is 0 Å². The molecular formula is C15H24FN3O. The van der Waals surface area contributed by atoms with Gasteiger partial charge in [-0.25, -0.2) is 4.39 Å². The van der Waals surface area contributed by atoms with Crippen molar-refractivity contribution in [2.45, 2.75) is 39.7 Å². The first kappa shape index (κ1) is 16.4. The monoisotopic (exact) mass is 281 g/mol. The molecule has 0 saturated heterocycles. The highest BCUT2D eigenvalue weighted by Gasteiger charge is 2.08. The lowest BCUT2D eigenvalue weighted by Crippen LogP contribution is -2.21. The van der Waals surface area contributed by atoms with E-state index in [4.69, 9.17) is 10.9 Å². The van der Waals surface area contributed by atoms with E-state index in [0.717, 1.165) is 24.4 Å². The summed E-state index contributed by atoms with van der Waals surface area (Å²) in [7, 11) is 0. The molecule has 0 aromatic heterocycles. The second kappa shape index (κ2) is 8.53. The topological polar surface area (TPSA) is 70.6 Å². The Morgan fingerprint density at radius 3 is 2.80 bits per heavy atom. The maximum Gasteiger partial charge on any atom is 0.170 e. The Hall–Kier alpha value is -1.62. The van der Waals surface area contributed by atoms with E-state index < -0.39 is 5.82 Å². The number of hydrogen-bond donors (Lipinski definition) is 3. The van der Waals surface area contributed by atoms with Crippen molar-refractivity contribution in [3.05, 3.63) is 35.1 Å². The fourth-order valence-corrected chi connectivity index (χ4v) is 2.02. The standard InChI is InChI=1S/C15H24FN3O/c1-11(2)5-3-4-8-18-10-12-6-7-13(16)9-14(12)15(17)19-20/h6-7,9,11,18,20H,3-5,8,10H2,1-2H3,(H2,17,19). The van der Waals surface area contributed by atoms with Crippen molar-refractivity contribution < 1.29 is 9.60 Å². The van der Waals surface area contributed by atoms with Crippen molar-refractivity contribution in [3.63, 3.8) is 0 Å². The third-order valence-electron chi connectivity index (χ3n) is 3.16. The van der Waals surface area contributed by atoms with Gasteiger partial charge in [-0.1, -0.05) is 37.9 Å². The minimum Gasteiger partial charge on any atom is -0.409 e. The van der Waals surface area contributed by atoms with Crippen molar-refractivity contribution in [2.24, 2.45) is 16.8 Å². The molecule has 0 spiro atoms. The molecule has 1 aromatic rings. The van der Waals surface area contributed by atoms with Crippen molar-refractivity contribution >= 4 is 5.84 Å². The molecule has 0 aliphatic rings. The zero-order valence-corrected chi connectivity index (χ0v) is 12.2. The zero-order chi connectivity index (χ0) is 15.0. The van der Waals surface area contributed by atoms with Gasteiger partial charge in [-0.2, -0.15) is 0 Å². The number of nitrogens with two attached hydrogens (primary N) is 1. The Kier molecular flexibility index (Phi) is 7.01. The van der Waals surface area contributed by atoms with E-state index in [9.17, 15) is 4.39 Å². The number of amidine groups is 1. The summed E-state index contributed by atoms with van der Waals surface area (Å²) >= 11 is 0. The lowest BCUT2D eigenvalue weighted by Gasteiger charge is -2.10. The first-order chi connectivity index (χ1) is 9.54. The van der Waals surface area contributed by atoms with Gasteiger partial charge in [0.2, 0.25) is 0 Å². The van der Waals surface area contributed by atoms with Gasteiger partial charge in [0.1, 0.15) is 5.82 Å². The first-order valence-corrected chi connectivity index (χ1v) is 7.01. The van der Waals surface area contributed by atoms with Gasteiger partial charge in [0, 0.05) is 12.1 Å². The van der Waals surface area contributed by atoms with Crippen LogP contribution in [0.1, 0.15) is 44.2 Å². The minimum absolute atomic E-state index is 0.0684. The maximum atomic E-state index is 13.2. The van der Waals surface area contributed by atoms with Gasteiger partial charge in [-0.15, -0.1) is 0 Å². The highest BCUT2D eigenvalue weighted by molar-refractivity contribution is 5.98. The van der Waals surface area contributed by atoms with Crippen LogP contribution in [0.4, 0.5) is 4.39 Å². The summed E-state index contributed by atoms with van der Waals surface area (Å²) < 4.78 is 13.2. The molecule has 0 aliphatic carbocycles. The number of rotatable bonds is 8. The summed E-state index contributed by atoms with van der Waals surface area (Å²) in [6, 6.07) is 4.32. The lowest BCUT2D eigenvalue weighted by atomic mass is 10.1. The molecule has 0 saturated carbocycles. The summed E-state index contributed by atoms with van der Waals surface area (Å²) in [5.74, 6) is 0.271. The second-order valence-electron chi connectivity index (χ2n) is 5.35. The number of oxime groups is 1. The average molecular weight is 281 g/mol. The molecule has 1 rings (SSSR count). The molecule has 0 atom stereocenters. The Balaban J connectivity index is 2.47. The van der Waals surface area contributed by atoms with E-state index >= 15 is 0 Å². The average Bonchev–Trinajstić information content (AvgIpc) is 2.42. The molecular weight excluding hydrogens is 257 g/mol. The zero-order valence-electron chi connectivity index (χ0n) is 12.2. The Morgan fingerprint density at radius 2 is 2.15 bits per heavy atom. The predicted molar refractivity (Wildman–Crippen MR) is 79.3 cm³/mol. The highest BCUT2D eigenvalue weighted by atomic mass is 19.1. The normalized spacial score (nSPS) is 12.1. The van der Waals surface area contributed by atoms with Crippen molar-refractivity contribution in [2.75, 3.05) is 6.54 Å². The quantitative estimate of drug-likeness (QED) is 0.226. The Morgan fingerprint density at radius 1 is 1.40 bits per heavy atom. The molecule has 0 unspecified atom stereocenters. The molecule has 112 valence electrons. The molecule has 0 fully saturated rings. The molecule has 0 amide bonds. The van der Waals surface area contributed by atoms with E-state index in [0.29, 0.717) is 12.1 Å². The maximum absolute atomic E-state index is 13.2. The Labute approximate surface area is 119 Å². The number of benzene rings is 1. The van der Waals surface area contributed by atoms with Gasteiger partial charge in [0.05, 0.1) is 0 Å². The SMILES string of the molecule is CC(C)CCCCNCc1ccc(F)cc1/C(N)=N/O. The number of unbranched alkanes of at least 4 members (excludes halogenated alkanes) is 1.